The van der Waals surface area contributed by atoms with Crippen LogP contribution in [0.2, 0.25) is 0 Å². The van der Waals surface area contributed by atoms with Crippen LogP contribution in [0.5, 0.6) is 0 Å². The fraction of sp³-hybridized carbons (Fsp3) is 0.533. The molecule has 0 fully saturated rings. The van der Waals surface area contributed by atoms with Crippen molar-refractivity contribution in [1.82, 2.24) is 5.32 Å². The zero-order valence-corrected chi connectivity index (χ0v) is 14.0. The monoisotopic (exact) mass is 341 g/mol. The van der Waals surface area contributed by atoms with Crippen LogP contribution < -0.4 is 9.88 Å². The predicted octanol–water partition coefficient (Wildman–Crippen LogP) is 0.741. The standard InChI is InChI=1S/C15H22N3O6/c1-4-15(2,3)14(20)23-11-17-8-5-6-12(10-17)13(19)16-7-9-24-18(21)22/h5-6,8,10H,4,7,9,11H2,1-3H3,(H-,16,19,21,22)/q+1/p+1. The molecule has 2 N–H and O–H groups in total. The second-order valence-corrected chi connectivity index (χ2v) is 5.73. The largest absolute Gasteiger partial charge is 0.475 e. The highest BCUT2D eigenvalue weighted by Crippen LogP contribution is 2.21. The Hall–Kier alpha value is -2.71. The van der Waals surface area contributed by atoms with Crippen LogP contribution in [-0.2, 0) is 21.1 Å². The van der Waals surface area contributed by atoms with E-state index >= 15 is 0 Å². The maximum atomic E-state index is 11.9. The Morgan fingerprint density at radius 2 is 2.12 bits per heavy atom. The number of aromatic nitrogens is 1. The molecule has 0 atom stereocenters. The molecule has 0 aliphatic heterocycles. The van der Waals surface area contributed by atoms with Gasteiger partial charge in [-0.05, 0) is 26.3 Å². The number of amides is 1. The highest BCUT2D eigenvalue weighted by Gasteiger charge is 2.28. The summed E-state index contributed by atoms with van der Waals surface area (Å²) in [5.74, 6) is -0.695. The Morgan fingerprint density at radius 1 is 1.42 bits per heavy atom. The van der Waals surface area contributed by atoms with E-state index < -0.39 is 10.5 Å². The molecule has 9 heteroatoms. The Morgan fingerprint density at radius 3 is 2.75 bits per heavy atom. The van der Waals surface area contributed by atoms with E-state index in [9.17, 15) is 14.5 Å². The molecule has 1 rings (SSSR count). The lowest BCUT2D eigenvalue weighted by Gasteiger charge is -2.18. The highest BCUT2D eigenvalue weighted by atomic mass is 16.9. The summed E-state index contributed by atoms with van der Waals surface area (Å²) in [4.78, 5) is 38.2. The number of nitrogens with zero attached hydrogens (tertiary/aromatic N) is 2. The lowest BCUT2D eigenvalue weighted by Crippen LogP contribution is -2.39. The van der Waals surface area contributed by atoms with Crippen molar-refractivity contribution in [2.45, 2.75) is 33.9 Å². The van der Waals surface area contributed by atoms with Gasteiger partial charge in [-0.15, -0.1) is 0 Å². The molecular weight excluding hydrogens is 318 g/mol. The van der Waals surface area contributed by atoms with Crippen LogP contribution in [0.3, 0.4) is 0 Å². The molecule has 0 bridgehead atoms. The molecule has 0 aromatic carbocycles. The molecule has 0 saturated heterocycles. The van der Waals surface area contributed by atoms with E-state index in [1.165, 1.54) is 6.20 Å². The van der Waals surface area contributed by atoms with Gasteiger partial charge in [-0.1, -0.05) is 6.92 Å². The van der Waals surface area contributed by atoms with Gasteiger partial charge in [0, 0.05) is 6.07 Å². The molecule has 9 nitrogen and oxygen atoms in total. The lowest BCUT2D eigenvalue weighted by molar-refractivity contribution is -0.975. The molecule has 0 saturated carbocycles. The van der Waals surface area contributed by atoms with Crippen LogP contribution in [0.1, 0.15) is 37.6 Å². The van der Waals surface area contributed by atoms with Crippen molar-refractivity contribution in [2.24, 2.45) is 5.41 Å². The van der Waals surface area contributed by atoms with Gasteiger partial charge in [-0.25, -0.2) is 5.21 Å². The first kappa shape index (κ1) is 19.3. The number of ether oxygens (including phenoxy) is 1. The Balaban J connectivity index is 2.55. The number of hydrogen-bond donors (Lipinski definition) is 2. The average Bonchev–Trinajstić information content (AvgIpc) is 2.56. The van der Waals surface area contributed by atoms with E-state index in [2.05, 4.69) is 10.2 Å². The summed E-state index contributed by atoms with van der Waals surface area (Å²) in [6.45, 7) is 5.41. The average molecular weight is 341 g/mol. The summed E-state index contributed by atoms with van der Waals surface area (Å²) in [6, 6.07) is 3.24. The predicted molar refractivity (Wildman–Crippen MR) is 80.5 cm³/mol. The summed E-state index contributed by atoms with van der Waals surface area (Å²) in [5, 5.41) is 10.1. The maximum absolute atomic E-state index is 11.9. The van der Waals surface area contributed by atoms with E-state index in [1.807, 2.05) is 6.92 Å². The van der Waals surface area contributed by atoms with Gasteiger partial charge in [0.15, 0.2) is 19.0 Å². The van der Waals surface area contributed by atoms with Crippen LogP contribution in [-0.4, -0.2) is 35.3 Å². The molecule has 1 aromatic heterocycles. The third-order valence-electron chi connectivity index (χ3n) is 3.49. The van der Waals surface area contributed by atoms with Crippen molar-refractivity contribution in [3.63, 3.8) is 0 Å². The van der Waals surface area contributed by atoms with Crippen LogP contribution in [0.25, 0.3) is 0 Å². The molecule has 0 radical (unpaired) electrons. The first-order valence-corrected chi connectivity index (χ1v) is 7.50. The third kappa shape index (κ3) is 6.19. The van der Waals surface area contributed by atoms with Gasteiger partial charge in [0.1, 0.15) is 10.5 Å². The van der Waals surface area contributed by atoms with Gasteiger partial charge in [0.25, 0.3) is 12.6 Å². The summed E-state index contributed by atoms with van der Waals surface area (Å²) in [5.41, 5.74) is -0.205. The summed E-state index contributed by atoms with van der Waals surface area (Å²) >= 11 is 0. The Labute approximate surface area is 139 Å². The minimum absolute atomic E-state index is 0.00213. The SMILES string of the molecule is CCC(C)(C)C(=O)OC[n+]1cccc(C(=O)NCCO[N+](=O)O)c1. The number of pyridine rings is 1. The molecule has 0 aliphatic carbocycles. The van der Waals surface area contributed by atoms with E-state index in [0.717, 1.165) is 0 Å². The van der Waals surface area contributed by atoms with Crippen LogP contribution in [0.4, 0.5) is 0 Å². The van der Waals surface area contributed by atoms with Crippen LogP contribution in [0.15, 0.2) is 24.5 Å². The molecule has 0 spiro atoms. The number of hydrogen-bond acceptors (Lipinski definition) is 5. The van der Waals surface area contributed by atoms with Gasteiger partial charge >= 0.3 is 11.1 Å². The van der Waals surface area contributed by atoms with E-state index in [-0.39, 0.29) is 31.8 Å². The van der Waals surface area contributed by atoms with Crippen molar-refractivity contribution < 1.29 is 34.0 Å². The number of carbonyl (C=O) groups is 2. The van der Waals surface area contributed by atoms with Gasteiger partial charge in [0.2, 0.25) is 0 Å². The third-order valence-corrected chi connectivity index (χ3v) is 3.49. The molecule has 1 heterocycles. The van der Waals surface area contributed by atoms with Crippen molar-refractivity contribution >= 4 is 11.9 Å². The zero-order valence-electron chi connectivity index (χ0n) is 14.0. The molecular formula is C15H23N3O6+2. The Bertz CT molecular complexity index is 603. The maximum Gasteiger partial charge on any atom is 0.475 e. The normalized spacial score (nSPS) is 10.8. The smallest absolute Gasteiger partial charge is 0.404 e. The molecule has 132 valence electrons. The van der Waals surface area contributed by atoms with Crippen molar-refractivity contribution in [3.05, 3.63) is 35.0 Å². The van der Waals surface area contributed by atoms with Crippen LogP contribution in [0, 0.1) is 10.3 Å². The summed E-state index contributed by atoms with van der Waals surface area (Å²) in [7, 11) is 0. The summed E-state index contributed by atoms with van der Waals surface area (Å²) < 4.78 is 6.82. The van der Waals surface area contributed by atoms with E-state index in [0.29, 0.717) is 12.0 Å². The van der Waals surface area contributed by atoms with E-state index in [1.54, 1.807) is 36.7 Å². The van der Waals surface area contributed by atoms with E-state index in [4.69, 9.17) is 9.94 Å². The number of nitrogens with one attached hydrogen (secondary N) is 1. The molecule has 1 aromatic rings. The van der Waals surface area contributed by atoms with Gasteiger partial charge < -0.3 is 10.1 Å². The fourth-order valence-corrected chi connectivity index (χ4v) is 1.60. The first-order valence-electron chi connectivity index (χ1n) is 7.50. The van der Waals surface area contributed by atoms with Gasteiger partial charge in [-0.3, -0.25) is 9.59 Å². The first-order chi connectivity index (χ1) is 11.3. The minimum Gasteiger partial charge on any atom is -0.404 e. The highest BCUT2D eigenvalue weighted by molar-refractivity contribution is 5.93. The van der Waals surface area contributed by atoms with Gasteiger partial charge in [-0.2, -0.15) is 9.40 Å². The van der Waals surface area contributed by atoms with Crippen molar-refractivity contribution in [1.29, 1.82) is 0 Å². The molecule has 0 unspecified atom stereocenters. The number of rotatable bonds is 9. The number of esters is 1. The second-order valence-electron chi connectivity index (χ2n) is 5.73. The summed E-state index contributed by atoms with van der Waals surface area (Å²) in [6.07, 6.45) is 3.87. The molecule has 0 aliphatic rings. The zero-order chi connectivity index (χ0) is 18.2. The van der Waals surface area contributed by atoms with Crippen molar-refractivity contribution in [2.75, 3.05) is 13.2 Å². The molecule has 1 amide bonds. The Kier molecular flexibility index (Phi) is 7.09. The van der Waals surface area contributed by atoms with Crippen LogP contribution >= 0.6 is 0 Å². The quantitative estimate of drug-likeness (QED) is 0.297. The fourth-order valence-electron chi connectivity index (χ4n) is 1.60. The minimum atomic E-state index is -0.672. The molecule has 24 heavy (non-hydrogen) atoms. The lowest BCUT2D eigenvalue weighted by atomic mass is 9.91. The van der Waals surface area contributed by atoms with Gasteiger partial charge in [0.05, 0.1) is 12.0 Å². The van der Waals surface area contributed by atoms with Crippen molar-refractivity contribution in [3.8, 4) is 0 Å². The second kappa shape index (κ2) is 8.80. The number of carbonyl (C=O) groups excluding carboxylic acids is 2. The topological polar surface area (TPSA) is 109 Å².